The highest BCUT2D eigenvalue weighted by Crippen LogP contribution is 2.69. The van der Waals surface area contributed by atoms with Gasteiger partial charge in [0, 0.05) is 47.5 Å². The Morgan fingerprint density at radius 1 is 0.508 bits per heavy atom. The summed E-state index contributed by atoms with van der Waals surface area (Å²) < 4.78 is 156. The number of alkyl halides is 7. The lowest BCUT2D eigenvalue weighted by atomic mass is 9.43. The molecule has 0 spiro atoms. The van der Waals surface area contributed by atoms with E-state index in [0.717, 1.165) is 36.8 Å². The molecule has 42 heteroatoms. The largest absolute Gasteiger partial charge is 0.547 e. The Labute approximate surface area is 789 Å². The van der Waals surface area contributed by atoms with Gasteiger partial charge in [0.1, 0.15) is 56.2 Å². The summed E-state index contributed by atoms with van der Waals surface area (Å²) in [6.45, 7) is 45.3. The Kier molecular flexibility index (Phi) is 29.2. The van der Waals surface area contributed by atoms with Crippen LogP contribution in [0, 0.1) is 51.8 Å². The smallest absolute Gasteiger partial charge is 0.534 e. The number of esters is 3. The number of aliphatic carboxylic acids is 1. The number of nitrogens with zero attached hydrogens (tertiary/aromatic N) is 1. The number of carbonyl (C=O) groups excluding carboxylic acids is 5. The van der Waals surface area contributed by atoms with Crippen LogP contribution < -0.4 is 29.5 Å². The Morgan fingerprint density at radius 3 is 1.27 bits per heavy atom. The number of benzene rings is 4. The second-order valence-corrected chi connectivity index (χ2v) is 56.0. The number of cyclic esters (lactones) is 3. The summed E-state index contributed by atoms with van der Waals surface area (Å²) in [6, 6.07) is 20.6. The first kappa shape index (κ1) is 103. The number of nitrogens with one attached hydrogen (secondary N) is 2. The second kappa shape index (κ2) is 37.4. The standard InChI is InChI=1S/C28H46BNO5Si2.C25H31BF3NO6S.C22H28BClO5.C12H11BF3NO5S.C3H6O2S/c1-26(2)19-16-21(26)28(5)22(17-19)34-29(35-28)23(30(36(6,7)8)37(9,10)11)15-18-13-12-14-20-24(18)32-27(3,4)33-25(20)31;1-22(2)14-10-16(22)24(5)17(11-14)35-26(36-24)18(30-19(31)12-37-25(27,28)29)9-13-7-6-8-15-20(13)33-23(3,4)34-21(15)32;1-20(2)13-10-15(20)22(5)16(11-13)28-23(29-22)17(24)9-12-7-6-8-14-18(12)26-21(3,4)27-19(14)25;14-12(15,16)23-5-9(18)17-8-4-6-2-1-3-7(11(19)20)10(6)22-13(8)21;1-6-2-3(4)5/h12-14,19,21-23H,15-17H2,1-11H3;6-8,14,16-18H,9-12H2,1-5H3,(H,30,31);6-8,13,15-17H,9-11H2,1-5H3;1-3,8,21H,4-5H2,(H,17,18)(H,19,20);2H2,1H3,(H,4,5)/t19?,21-,22+,23-,28-;14?,16-,17+,18-,24-;13?,15-,16+,17+,22-;8-;/m0000./s1. The molecular formula is C90H122B4ClF6N3O23S3Si2. The van der Waals surface area contributed by atoms with Crippen LogP contribution in [0.4, 0.5) is 26.3 Å². The first-order valence-corrected chi connectivity index (χ1v) is 55.6. The third-order valence-corrected chi connectivity index (χ3v) is 38.9. The van der Waals surface area contributed by atoms with E-state index in [1.807, 2.05) is 25.1 Å². The van der Waals surface area contributed by atoms with Crippen molar-refractivity contribution >= 4 is 133 Å². The lowest BCUT2D eigenvalue weighted by Gasteiger charge is -2.64. The highest BCUT2D eigenvalue weighted by molar-refractivity contribution is 8.01. The third-order valence-electron chi connectivity index (χ3n) is 29.0. The van der Waals surface area contributed by atoms with Crippen molar-refractivity contribution in [1.82, 2.24) is 14.9 Å². The number of fused-ring (bicyclic) bond motifs is 4. The van der Waals surface area contributed by atoms with Crippen molar-refractivity contribution in [2.75, 3.05) is 23.5 Å². The zero-order chi connectivity index (χ0) is 97.3. The number of carboxylic acids is 2. The molecule has 722 valence electrons. The SMILES string of the molecule is CC1(C)OC(=O)c2cccc(C[C@@H](B3O[C@@H]4CC5C[C@@H](C5(C)C)[C@]4(C)O3)N([Si](C)(C)C)[Si](C)(C)C)c2O1.CC1(C)OC(=O)c2cccc(C[C@@H](Cl)B3O[C@@H]4CC5C[C@@H](C5(C)C)[C@]4(C)O3)c2O1.CC1(C)OC(=O)c2cccc(C[C@H](NC(=O)CSC(F)(F)F)B3O[C@@H]4CC5C[C@@H](C5(C)C)[C@]4(C)O3)c2O1.CSCC(=O)O.O=C(CSC(F)(F)F)N[C@H]1Cc2cccc(C(=O)O)c2OB1O. The highest BCUT2D eigenvalue weighted by atomic mass is 35.5. The van der Waals surface area contributed by atoms with Gasteiger partial charge in [-0.25, -0.2) is 19.2 Å². The van der Waals surface area contributed by atoms with Crippen LogP contribution in [0.15, 0.2) is 72.8 Å². The number of ether oxygens (including phenoxy) is 6. The predicted octanol–water partition coefficient (Wildman–Crippen LogP) is 16.5. The van der Waals surface area contributed by atoms with E-state index >= 15 is 0 Å². The van der Waals surface area contributed by atoms with Crippen LogP contribution in [-0.2, 0) is 82.2 Å². The Morgan fingerprint density at radius 2 is 0.886 bits per heavy atom. The summed E-state index contributed by atoms with van der Waals surface area (Å²) in [6.07, 6.45) is 9.59. The fourth-order valence-corrected chi connectivity index (χ4v) is 34.6. The van der Waals surface area contributed by atoms with Crippen LogP contribution >= 0.6 is 46.9 Å². The molecule has 4 aromatic rings. The maximum absolute atomic E-state index is 12.8. The molecule has 5 N–H and O–H groups in total. The van der Waals surface area contributed by atoms with Crippen LogP contribution in [0.3, 0.4) is 0 Å². The summed E-state index contributed by atoms with van der Waals surface area (Å²) in [7, 11) is -6.79. The predicted molar refractivity (Wildman–Crippen MR) is 496 cm³/mol. The molecule has 0 aromatic heterocycles. The van der Waals surface area contributed by atoms with Gasteiger partial charge in [0.25, 0.3) is 0 Å². The molecule has 7 aliphatic heterocycles. The molecule has 132 heavy (non-hydrogen) atoms. The van der Waals surface area contributed by atoms with Crippen molar-refractivity contribution in [3.05, 3.63) is 117 Å². The Hall–Kier alpha value is -6.34. The van der Waals surface area contributed by atoms with Gasteiger partial charge < -0.3 is 91.1 Å². The average Bonchev–Trinajstić information content (AvgIpc) is 1.44. The summed E-state index contributed by atoms with van der Waals surface area (Å²) in [5, 5.41) is 31.4. The molecule has 0 radical (unpaired) electrons. The van der Waals surface area contributed by atoms with E-state index in [2.05, 4.69) is 116 Å². The van der Waals surface area contributed by atoms with Crippen LogP contribution in [0.5, 0.6) is 23.0 Å². The van der Waals surface area contributed by atoms with Crippen molar-refractivity contribution in [1.29, 1.82) is 0 Å². The molecule has 3 unspecified atom stereocenters. The number of hydrogen-bond acceptors (Lipinski definition) is 25. The molecule has 20 rings (SSSR count). The van der Waals surface area contributed by atoms with E-state index in [9.17, 15) is 64.9 Å². The molecule has 7 heterocycles. The molecule has 4 aromatic carbocycles. The minimum absolute atomic E-state index is 0.0114. The van der Waals surface area contributed by atoms with Crippen molar-refractivity contribution < 1.29 is 136 Å². The summed E-state index contributed by atoms with van der Waals surface area (Å²) in [4.78, 5) is 82.4. The molecular weight excluding hydrogens is 1840 g/mol. The van der Waals surface area contributed by atoms with E-state index in [-0.39, 0.29) is 107 Å². The van der Waals surface area contributed by atoms with Gasteiger partial charge in [-0.3, -0.25) is 14.4 Å². The van der Waals surface area contributed by atoms with Crippen molar-refractivity contribution in [3.8, 4) is 23.0 Å². The number of hydrogen-bond donors (Lipinski definition) is 5. The molecule has 16 atom stereocenters. The molecule has 6 bridgehead atoms. The number of halogens is 7. The van der Waals surface area contributed by atoms with E-state index < -0.39 is 148 Å². The van der Waals surface area contributed by atoms with Crippen LogP contribution in [0.2, 0.25) is 39.3 Å². The molecule has 9 aliphatic carbocycles. The minimum Gasteiger partial charge on any atom is -0.534 e. The number of rotatable bonds is 21. The third kappa shape index (κ3) is 21.6. The first-order chi connectivity index (χ1) is 60.9. The van der Waals surface area contributed by atoms with Gasteiger partial charge in [0.2, 0.25) is 29.2 Å². The summed E-state index contributed by atoms with van der Waals surface area (Å²) in [5.74, 6) is -6.55. The zero-order valence-electron chi connectivity index (χ0n) is 78.8. The van der Waals surface area contributed by atoms with Crippen molar-refractivity contribution in [2.24, 2.45) is 51.8 Å². The number of para-hydroxylation sites is 4. The molecule has 26 nitrogen and oxygen atoms in total. The molecule has 3 saturated heterocycles. The fraction of sp³-hybridized carbons (Fsp3) is 0.656. The van der Waals surface area contributed by atoms with Gasteiger partial charge in [-0.05, 0) is 213 Å². The van der Waals surface area contributed by atoms with E-state index in [1.54, 1.807) is 84.2 Å². The minimum atomic E-state index is -4.53. The van der Waals surface area contributed by atoms with E-state index in [4.69, 9.17) is 82.8 Å². The normalized spacial score (nSPS) is 29.6. The van der Waals surface area contributed by atoms with Gasteiger partial charge >= 0.3 is 69.3 Å². The Bertz CT molecular complexity index is 5050. The van der Waals surface area contributed by atoms with Crippen LogP contribution in [0.25, 0.3) is 0 Å². The van der Waals surface area contributed by atoms with Gasteiger partial charge in [-0.2, -0.15) is 38.1 Å². The number of carboxylic acid groups (broad SMARTS) is 2. The monoisotopic (exact) mass is 1960 g/mol. The first-order valence-electron chi connectivity index (χ1n) is 44.9. The van der Waals surface area contributed by atoms with E-state index in [0.29, 0.717) is 92.8 Å². The molecule has 2 amide bonds. The average molecular weight is 1960 g/mol. The number of carbonyl (C=O) groups is 7. The zero-order valence-corrected chi connectivity index (χ0v) is 84.0. The summed E-state index contributed by atoms with van der Waals surface area (Å²) in [5.41, 5.74) is -5.52. The van der Waals surface area contributed by atoms with Crippen LogP contribution in [-0.4, -0.2) is 216 Å². The van der Waals surface area contributed by atoms with Gasteiger partial charge in [-0.1, -0.05) is 129 Å². The Balaban J connectivity index is 0.000000148. The van der Waals surface area contributed by atoms with Crippen molar-refractivity contribution in [2.45, 2.75) is 294 Å². The summed E-state index contributed by atoms with van der Waals surface area (Å²) >= 11 is 7.23. The number of aromatic carboxylic acids is 1. The molecule has 16 aliphatic rings. The lowest BCUT2D eigenvalue weighted by molar-refractivity contribution is -0.199. The van der Waals surface area contributed by atoms with Crippen LogP contribution in [0.1, 0.15) is 206 Å². The maximum atomic E-state index is 12.8. The van der Waals surface area contributed by atoms with Gasteiger partial charge in [-0.15, -0.1) is 11.6 Å². The molecule has 9 saturated carbocycles. The molecule has 12 fully saturated rings. The second-order valence-electron chi connectivity index (χ2n) is 42.4. The van der Waals surface area contributed by atoms with Gasteiger partial charge in [0.05, 0.1) is 75.1 Å². The maximum Gasteiger partial charge on any atom is 0.547 e. The van der Waals surface area contributed by atoms with Crippen molar-refractivity contribution in [3.63, 3.8) is 0 Å². The fourth-order valence-electron chi connectivity index (χ4n) is 22.8. The van der Waals surface area contributed by atoms with E-state index in [1.165, 1.54) is 36.7 Å². The quantitative estimate of drug-likeness (QED) is 0.0170. The lowest BCUT2D eigenvalue weighted by Crippen LogP contribution is -2.68. The topological polar surface area (TPSA) is 327 Å². The highest BCUT2D eigenvalue weighted by Gasteiger charge is 2.72. The van der Waals surface area contributed by atoms with Gasteiger partial charge in [0.15, 0.2) is 0 Å². The number of thioether (sulfide) groups is 3. The number of amides is 2.